The first-order valence-corrected chi connectivity index (χ1v) is 3.55. The standard InChI is InChI=1S/C4H8O2.C3H7NO/c1-4-5-2-3-6-4;1-3-4-5-2/h4H,2-3H2,1H3;3H,1-2H3/b;4-3+. The molecule has 1 heterocycles. The highest BCUT2D eigenvalue weighted by atomic mass is 16.7. The van der Waals surface area contributed by atoms with Gasteiger partial charge in [0.25, 0.3) is 0 Å². The normalized spacial score (nSPS) is 18.1. The van der Waals surface area contributed by atoms with Crippen LogP contribution in [0.3, 0.4) is 0 Å². The Morgan fingerprint density at radius 3 is 2.09 bits per heavy atom. The second-order valence-corrected chi connectivity index (χ2v) is 1.86. The summed E-state index contributed by atoms with van der Waals surface area (Å²) in [6.45, 7) is 5.22. The maximum absolute atomic E-state index is 4.93. The molecule has 0 spiro atoms. The summed E-state index contributed by atoms with van der Waals surface area (Å²) < 4.78 is 9.86. The molecule has 0 unspecified atom stereocenters. The molecule has 0 radical (unpaired) electrons. The average molecular weight is 161 g/mol. The van der Waals surface area contributed by atoms with Crippen molar-refractivity contribution in [2.45, 2.75) is 20.1 Å². The van der Waals surface area contributed by atoms with Gasteiger partial charge in [-0.2, -0.15) is 0 Å². The third kappa shape index (κ3) is 7.29. The summed E-state index contributed by atoms with van der Waals surface area (Å²) in [5, 5.41) is 3.35. The molecule has 0 atom stereocenters. The summed E-state index contributed by atoms with van der Waals surface area (Å²) in [7, 11) is 1.51. The molecule has 1 aliphatic heterocycles. The smallest absolute Gasteiger partial charge is 0.155 e. The molecule has 0 amide bonds. The Morgan fingerprint density at radius 1 is 1.45 bits per heavy atom. The SMILES string of the molecule is C/C=N/OC.CC1OCCO1. The largest absolute Gasteiger partial charge is 0.399 e. The number of hydrogen-bond acceptors (Lipinski definition) is 4. The van der Waals surface area contributed by atoms with Crippen LogP contribution in [-0.4, -0.2) is 32.8 Å². The molecule has 0 aromatic heterocycles. The van der Waals surface area contributed by atoms with E-state index in [0.717, 1.165) is 13.2 Å². The summed E-state index contributed by atoms with van der Waals surface area (Å²) >= 11 is 0. The highest BCUT2D eigenvalue weighted by Crippen LogP contribution is 1.99. The van der Waals surface area contributed by atoms with Crippen LogP contribution in [0.2, 0.25) is 0 Å². The van der Waals surface area contributed by atoms with Crippen LogP contribution in [0.5, 0.6) is 0 Å². The lowest BCUT2D eigenvalue weighted by Crippen LogP contribution is -1.97. The number of oxime groups is 1. The van der Waals surface area contributed by atoms with Crippen molar-refractivity contribution in [3.8, 4) is 0 Å². The molecule has 0 saturated carbocycles. The summed E-state index contributed by atoms with van der Waals surface area (Å²) in [4.78, 5) is 4.26. The number of rotatable bonds is 1. The first-order valence-electron chi connectivity index (χ1n) is 3.55. The molecule has 1 rings (SSSR count). The summed E-state index contributed by atoms with van der Waals surface area (Å²) in [6, 6.07) is 0. The van der Waals surface area contributed by atoms with E-state index in [2.05, 4.69) is 9.99 Å². The maximum Gasteiger partial charge on any atom is 0.155 e. The van der Waals surface area contributed by atoms with Crippen molar-refractivity contribution in [3.63, 3.8) is 0 Å². The van der Waals surface area contributed by atoms with Crippen LogP contribution < -0.4 is 0 Å². The molecule has 1 aliphatic rings. The Kier molecular flexibility index (Phi) is 7.08. The van der Waals surface area contributed by atoms with Gasteiger partial charge in [-0.3, -0.25) is 0 Å². The van der Waals surface area contributed by atoms with Crippen molar-refractivity contribution in [2.24, 2.45) is 5.16 Å². The van der Waals surface area contributed by atoms with Gasteiger partial charge in [-0.25, -0.2) is 0 Å². The van der Waals surface area contributed by atoms with Crippen LogP contribution in [0.1, 0.15) is 13.8 Å². The van der Waals surface area contributed by atoms with E-state index < -0.39 is 0 Å². The van der Waals surface area contributed by atoms with Crippen molar-refractivity contribution >= 4 is 6.21 Å². The predicted molar refractivity (Wildman–Crippen MR) is 42.5 cm³/mol. The fourth-order valence-corrected chi connectivity index (χ4v) is 0.582. The molecule has 0 aromatic rings. The van der Waals surface area contributed by atoms with Gasteiger partial charge in [0.2, 0.25) is 0 Å². The zero-order valence-corrected chi connectivity index (χ0v) is 7.24. The third-order valence-corrected chi connectivity index (χ3v) is 0.999. The van der Waals surface area contributed by atoms with E-state index in [4.69, 9.17) is 9.47 Å². The van der Waals surface area contributed by atoms with E-state index in [1.165, 1.54) is 7.11 Å². The molecular formula is C7H15NO3. The second-order valence-electron chi connectivity index (χ2n) is 1.86. The van der Waals surface area contributed by atoms with E-state index in [1.807, 2.05) is 6.92 Å². The molecular weight excluding hydrogens is 146 g/mol. The van der Waals surface area contributed by atoms with Gasteiger partial charge in [0.15, 0.2) is 6.29 Å². The zero-order valence-electron chi connectivity index (χ0n) is 7.24. The topological polar surface area (TPSA) is 40.0 Å². The minimum atomic E-state index is 0.0463. The first kappa shape index (κ1) is 10.4. The van der Waals surface area contributed by atoms with Gasteiger partial charge in [0, 0.05) is 6.21 Å². The number of ether oxygens (including phenoxy) is 2. The first-order chi connectivity index (χ1) is 5.31. The van der Waals surface area contributed by atoms with Crippen LogP contribution in [0.15, 0.2) is 5.16 Å². The minimum Gasteiger partial charge on any atom is -0.399 e. The van der Waals surface area contributed by atoms with Crippen LogP contribution in [0.25, 0.3) is 0 Å². The Labute approximate surface area is 67.1 Å². The molecule has 0 aliphatic carbocycles. The van der Waals surface area contributed by atoms with E-state index >= 15 is 0 Å². The quantitative estimate of drug-likeness (QED) is 0.426. The lowest BCUT2D eigenvalue weighted by molar-refractivity contribution is -0.0254. The summed E-state index contributed by atoms with van der Waals surface area (Å²) in [6.07, 6.45) is 1.63. The van der Waals surface area contributed by atoms with Gasteiger partial charge in [-0.15, -0.1) is 5.16 Å². The summed E-state index contributed by atoms with van der Waals surface area (Å²) in [5.41, 5.74) is 0. The molecule has 66 valence electrons. The van der Waals surface area contributed by atoms with Crippen LogP contribution >= 0.6 is 0 Å². The van der Waals surface area contributed by atoms with E-state index in [9.17, 15) is 0 Å². The lowest BCUT2D eigenvalue weighted by Gasteiger charge is -1.94. The number of nitrogens with zero attached hydrogens (tertiary/aromatic N) is 1. The summed E-state index contributed by atoms with van der Waals surface area (Å²) in [5.74, 6) is 0. The average Bonchev–Trinajstić information content (AvgIpc) is 2.43. The van der Waals surface area contributed by atoms with Gasteiger partial charge in [0.1, 0.15) is 7.11 Å². The van der Waals surface area contributed by atoms with Gasteiger partial charge in [-0.05, 0) is 13.8 Å². The Balaban J connectivity index is 0.000000187. The van der Waals surface area contributed by atoms with Gasteiger partial charge < -0.3 is 14.3 Å². The third-order valence-electron chi connectivity index (χ3n) is 0.999. The molecule has 1 fully saturated rings. The predicted octanol–water partition coefficient (Wildman–Crippen LogP) is 1.02. The van der Waals surface area contributed by atoms with Crippen LogP contribution in [0, 0.1) is 0 Å². The zero-order chi connectivity index (χ0) is 8.53. The molecule has 0 N–H and O–H groups in total. The van der Waals surface area contributed by atoms with E-state index in [1.54, 1.807) is 13.1 Å². The molecule has 0 bridgehead atoms. The molecule has 1 saturated heterocycles. The van der Waals surface area contributed by atoms with E-state index in [-0.39, 0.29) is 6.29 Å². The number of hydrogen-bond donors (Lipinski definition) is 0. The van der Waals surface area contributed by atoms with Crippen molar-refractivity contribution in [1.29, 1.82) is 0 Å². The maximum atomic E-state index is 4.93. The Hall–Kier alpha value is -0.610. The van der Waals surface area contributed by atoms with E-state index in [0.29, 0.717) is 0 Å². The van der Waals surface area contributed by atoms with Crippen LogP contribution in [-0.2, 0) is 14.3 Å². The van der Waals surface area contributed by atoms with Crippen molar-refractivity contribution in [1.82, 2.24) is 0 Å². The minimum absolute atomic E-state index is 0.0463. The van der Waals surface area contributed by atoms with Crippen molar-refractivity contribution < 1.29 is 14.3 Å². The molecule has 0 aromatic carbocycles. The Morgan fingerprint density at radius 2 is 2.00 bits per heavy atom. The highest BCUT2D eigenvalue weighted by Gasteiger charge is 2.07. The highest BCUT2D eigenvalue weighted by molar-refractivity contribution is 5.52. The molecule has 4 nitrogen and oxygen atoms in total. The second kappa shape index (κ2) is 7.50. The lowest BCUT2D eigenvalue weighted by atomic mass is 10.8. The molecule has 4 heteroatoms. The van der Waals surface area contributed by atoms with Crippen molar-refractivity contribution in [2.75, 3.05) is 20.3 Å². The monoisotopic (exact) mass is 161 g/mol. The van der Waals surface area contributed by atoms with Gasteiger partial charge >= 0.3 is 0 Å². The van der Waals surface area contributed by atoms with Crippen molar-refractivity contribution in [3.05, 3.63) is 0 Å². The van der Waals surface area contributed by atoms with Crippen LogP contribution in [0.4, 0.5) is 0 Å². The van der Waals surface area contributed by atoms with Gasteiger partial charge in [0.05, 0.1) is 13.2 Å². The fourth-order valence-electron chi connectivity index (χ4n) is 0.582. The van der Waals surface area contributed by atoms with Gasteiger partial charge in [-0.1, -0.05) is 0 Å². The Bertz CT molecular complexity index is 99.9. The molecule has 11 heavy (non-hydrogen) atoms. The fraction of sp³-hybridized carbons (Fsp3) is 0.857.